The molecule has 1 rings (SSSR count). The molecule has 1 aromatic rings. The van der Waals surface area contributed by atoms with Gasteiger partial charge in [-0.15, -0.1) is 0 Å². The fraction of sp³-hybridized carbons (Fsp3) is 0.417. The van der Waals surface area contributed by atoms with Crippen LogP contribution in [0, 0.1) is 6.92 Å². The molecule has 0 radical (unpaired) electrons. The molecule has 0 fully saturated rings. The molecule has 0 aliphatic heterocycles. The van der Waals surface area contributed by atoms with Crippen molar-refractivity contribution < 1.29 is 14.6 Å². The Hall–Kier alpha value is -1.22. The maximum atomic E-state index is 10.4. The van der Waals surface area contributed by atoms with Crippen LogP contribution in [0.3, 0.4) is 0 Å². The number of rotatable bonds is 5. The molecule has 1 unspecified atom stereocenters. The van der Waals surface area contributed by atoms with Crippen LogP contribution in [0.4, 0.5) is 0 Å². The van der Waals surface area contributed by atoms with E-state index >= 15 is 0 Å². The third-order valence-electron chi connectivity index (χ3n) is 2.24. The van der Waals surface area contributed by atoms with E-state index in [4.69, 9.17) is 21.4 Å². The van der Waals surface area contributed by atoms with Crippen molar-refractivity contribution in [3.8, 4) is 5.75 Å². The Morgan fingerprint density at radius 1 is 1.56 bits per heavy atom. The second-order valence-corrected chi connectivity index (χ2v) is 4.21. The van der Waals surface area contributed by atoms with Crippen LogP contribution in [0.25, 0.3) is 0 Å². The molecule has 4 heteroatoms. The third kappa shape index (κ3) is 4.11. The number of hydrogen-bond donors (Lipinski definition) is 1. The van der Waals surface area contributed by atoms with Crippen LogP contribution in [0.5, 0.6) is 5.75 Å². The molecule has 0 saturated heterocycles. The highest BCUT2D eigenvalue weighted by molar-refractivity contribution is 6.30. The first-order valence-corrected chi connectivity index (χ1v) is 5.51. The normalized spacial score (nSPS) is 12.2. The standard InChI is InChI=1S/C12H15ClO3/c1-8-3-5-10(13)7-11(8)16-9(2)4-6-12(14)15/h3,5,7,9H,4,6H2,1-2H3,(H,14,15). The molecule has 0 saturated carbocycles. The summed E-state index contributed by atoms with van der Waals surface area (Å²) in [6.07, 6.45) is 0.468. The van der Waals surface area contributed by atoms with Crippen molar-refractivity contribution >= 4 is 17.6 Å². The van der Waals surface area contributed by atoms with E-state index in [-0.39, 0.29) is 12.5 Å². The number of carboxylic acids is 1. The summed E-state index contributed by atoms with van der Waals surface area (Å²) < 4.78 is 5.63. The molecule has 0 aromatic heterocycles. The van der Waals surface area contributed by atoms with E-state index in [2.05, 4.69) is 0 Å². The maximum Gasteiger partial charge on any atom is 0.303 e. The fourth-order valence-electron chi connectivity index (χ4n) is 1.30. The molecule has 1 aromatic carbocycles. The number of carboxylic acid groups (broad SMARTS) is 1. The van der Waals surface area contributed by atoms with Gasteiger partial charge in [-0.05, 0) is 38.0 Å². The number of aliphatic carboxylic acids is 1. The van der Waals surface area contributed by atoms with Crippen LogP contribution in [-0.2, 0) is 4.79 Å². The number of carbonyl (C=O) groups is 1. The predicted octanol–water partition coefficient (Wildman–Crippen LogP) is 3.28. The Labute approximate surface area is 100.0 Å². The van der Waals surface area contributed by atoms with Crippen molar-refractivity contribution in [2.24, 2.45) is 0 Å². The minimum absolute atomic E-state index is 0.112. The van der Waals surface area contributed by atoms with Gasteiger partial charge in [-0.2, -0.15) is 0 Å². The average Bonchev–Trinajstić information content (AvgIpc) is 2.20. The Balaban J connectivity index is 2.58. The van der Waals surface area contributed by atoms with E-state index in [1.54, 1.807) is 12.1 Å². The summed E-state index contributed by atoms with van der Waals surface area (Å²) in [7, 11) is 0. The minimum atomic E-state index is -0.807. The molecule has 0 heterocycles. The quantitative estimate of drug-likeness (QED) is 0.862. The van der Waals surface area contributed by atoms with Crippen molar-refractivity contribution in [2.45, 2.75) is 32.8 Å². The Morgan fingerprint density at radius 3 is 2.88 bits per heavy atom. The number of aryl methyl sites for hydroxylation is 1. The highest BCUT2D eigenvalue weighted by Gasteiger charge is 2.09. The summed E-state index contributed by atoms with van der Waals surface area (Å²) in [5.74, 6) is -0.0938. The Bertz CT molecular complexity index is 377. The molecule has 1 atom stereocenters. The number of benzene rings is 1. The van der Waals surface area contributed by atoms with E-state index < -0.39 is 5.97 Å². The van der Waals surface area contributed by atoms with Crippen LogP contribution in [0.2, 0.25) is 5.02 Å². The van der Waals surface area contributed by atoms with E-state index in [0.717, 1.165) is 5.56 Å². The van der Waals surface area contributed by atoms with E-state index in [9.17, 15) is 4.79 Å². The van der Waals surface area contributed by atoms with E-state index in [1.807, 2.05) is 19.9 Å². The van der Waals surface area contributed by atoms with Gasteiger partial charge in [0.05, 0.1) is 6.10 Å². The molecule has 0 aliphatic rings. The molecule has 0 aliphatic carbocycles. The highest BCUT2D eigenvalue weighted by Crippen LogP contribution is 2.24. The zero-order valence-electron chi connectivity index (χ0n) is 9.37. The lowest BCUT2D eigenvalue weighted by molar-refractivity contribution is -0.137. The summed E-state index contributed by atoms with van der Waals surface area (Å²) >= 11 is 5.85. The van der Waals surface area contributed by atoms with Gasteiger partial charge in [0.25, 0.3) is 0 Å². The fourth-order valence-corrected chi connectivity index (χ4v) is 1.47. The van der Waals surface area contributed by atoms with Crippen molar-refractivity contribution in [2.75, 3.05) is 0 Å². The molecule has 0 amide bonds. The summed E-state index contributed by atoms with van der Waals surface area (Å²) in [4.78, 5) is 10.4. The van der Waals surface area contributed by atoms with E-state index in [0.29, 0.717) is 17.2 Å². The third-order valence-corrected chi connectivity index (χ3v) is 2.48. The molecule has 0 bridgehead atoms. The van der Waals surface area contributed by atoms with Gasteiger partial charge >= 0.3 is 5.97 Å². The largest absolute Gasteiger partial charge is 0.490 e. The van der Waals surface area contributed by atoms with Gasteiger partial charge in [-0.3, -0.25) is 4.79 Å². The lowest BCUT2D eigenvalue weighted by atomic mass is 10.2. The van der Waals surface area contributed by atoms with Crippen LogP contribution in [0.15, 0.2) is 18.2 Å². The SMILES string of the molecule is Cc1ccc(Cl)cc1OC(C)CCC(=O)O. The second kappa shape index (κ2) is 5.75. The van der Waals surface area contributed by atoms with Gasteiger partial charge in [0.1, 0.15) is 5.75 Å². The topological polar surface area (TPSA) is 46.5 Å². The van der Waals surface area contributed by atoms with Gasteiger partial charge in [0.15, 0.2) is 0 Å². The highest BCUT2D eigenvalue weighted by atomic mass is 35.5. The van der Waals surface area contributed by atoms with Crippen molar-refractivity contribution in [3.05, 3.63) is 28.8 Å². The van der Waals surface area contributed by atoms with Gasteiger partial charge in [-0.25, -0.2) is 0 Å². The molecule has 3 nitrogen and oxygen atoms in total. The lowest BCUT2D eigenvalue weighted by Crippen LogP contribution is -2.14. The zero-order chi connectivity index (χ0) is 12.1. The number of halogens is 1. The van der Waals surface area contributed by atoms with Crippen LogP contribution in [0.1, 0.15) is 25.3 Å². The Morgan fingerprint density at radius 2 is 2.25 bits per heavy atom. The van der Waals surface area contributed by atoms with E-state index in [1.165, 1.54) is 0 Å². The molecule has 1 N–H and O–H groups in total. The molecule has 16 heavy (non-hydrogen) atoms. The van der Waals surface area contributed by atoms with Gasteiger partial charge in [0, 0.05) is 11.4 Å². The molecular formula is C12H15ClO3. The zero-order valence-corrected chi connectivity index (χ0v) is 10.1. The first kappa shape index (κ1) is 12.8. The van der Waals surface area contributed by atoms with Crippen LogP contribution in [-0.4, -0.2) is 17.2 Å². The summed E-state index contributed by atoms with van der Waals surface area (Å²) in [6.45, 7) is 3.78. The predicted molar refractivity (Wildman–Crippen MR) is 63.1 cm³/mol. The second-order valence-electron chi connectivity index (χ2n) is 3.77. The average molecular weight is 243 g/mol. The van der Waals surface area contributed by atoms with Crippen molar-refractivity contribution in [1.82, 2.24) is 0 Å². The summed E-state index contributed by atoms with van der Waals surface area (Å²) in [5, 5.41) is 9.17. The first-order chi connectivity index (χ1) is 7.49. The first-order valence-electron chi connectivity index (χ1n) is 5.13. The molecule has 0 spiro atoms. The summed E-state index contributed by atoms with van der Waals surface area (Å²) in [5.41, 5.74) is 0.992. The maximum absolute atomic E-state index is 10.4. The molecule has 88 valence electrons. The van der Waals surface area contributed by atoms with Gasteiger partial charge < -0.3 is 9.84 Å². The Kier molecular flexibility index (Phi) is 4.62. The monoisotopic (exact) mass is 242 g/mol. The minimum Gasteiger partial charge on any atom is -0.490 e. The van der Waals surface area contributed by atoms with Crippen LogP contribution < -0.4 is 4.74 Å². The van der Waals surface area contributed by atoms with Gasteiger partial charge in [0.2, 0.25) is 0 Å². The lowest BCUT2D eigenvalue weighted by Gasteiger charge is -2.15. The number of hydrogen-bond acceptors (Lipinski definition) is 2. The van der Waals surface area contributed by atoms with Crippen molar-refractivity contribution in [3.63, 3.8) is 0 Å². The molecular weight excluding hydrogens is 228 g/mol. The van der Waals surface area contributed by atoms with Crippen LogP contribution >= 0.6 is 11.6 Å². The van der Waals surface area contributed by atoms with Crippen molar-refractivity contribution in [1.29, 1.82) is 0 Å². The number of ether oxygens (including phenoxy) is 1. The smallest absolute Gasteiger partial charge is 0.303 e. The summed E-state index contributed by atoms with van der Waals surface area (Å²) in [6, 6.07) is 5.42. The van der Waals surface area contributed by atoms with Gasteiger partial charge in [-0.1, -0.05) is 17.7 Å².